The highest BCUT2D eigenvalue weighted by Crippen LogP contribution is 2.32. The fraction of sp³-hybridized carbons (Fsp3) is 0.467. The number of nitrogens with zero attached hydrogens (tertiary/aromatic N) is 1. The Bertz CT molecular complexity index is 677. The number of hydrogen-bond acceptors (Lipinski definition) is 3. The van der Waals surface area contributed by atoms with Crippen molar-refractivity contribution in [3.8, 4) is 0 Å². The SMILES string of the molecule is O=c1[nH]c2ccc(Cl)cc2nc1C(O)C1CCCCC1. The standard InChI is InChI=1S/C15H17ClN2O2/c16-10-6-7-11-12(8-10)17-13(15(20)18-11)14(19)9-4-2-1-3-5-9/h6-9,14,19H,1-5H2,(H,18,20). The molecule has 4 nitrogen and oxygen atoms in total. The molecule has 1 aliphatic rings. The maximum Gasteiger partial charge on any atom is 0.272 e. The van der Waals surface area contributed by atoms with Crippen LogP contribution in [-0.4, -0.2) is 15.1 Å². The van der Waals surface area contributed by atoms with Gasteiger partial charge in [-0.15, -0.1) is 0 Å². The summed E-state index contributed by atoms with van der Waals surface area (Å²) in [5.41, 5.74) is 1.16. The Morgan fingerprint density at radius 2 is 2.05 bits per heavy atom. The van der Waals surface area contributed by atoms with Gasteiger partial charge in [0.05, 0.1) is 11.0 Å². The molecule has 20 heavy (non-hydrogen) atoms. The average molecular weight is 293 g/mol. The minimum atomic E-state index is -0.789. The molecule has 2 aromatic rings. The smallest absolute Gasteiger partial charge is 0.272 e. The van der Waals surface area contributed by atoms with Crippen LogP contribution in [-0.2, 0) is 0 Å². The van der Waals surface area contributed by atoms with E-state index in [4.69, 9.17) is 11.6 Å². The molecular weight excluding hydrogens is 276 g/mol. The maximum atomic E-state index is 12.1. The average Bonchev–Trinajstić information content (AvgIpc) is 2.47. The molecule has 1 saturated carbocycles. The van der Waals surface area contributed by atoms with Crippen molar-refractivity contribution in [2.45, 2.75) is 38.2 Å². The van der Waals surface area contributed by atoms with Gasteiger partial charge in [0, 0.05) is 5.02 Å². The van der Waals surface area contributed by atoms with Crippen LogP contribution in [0.1, 0.15) is 43.9 Å². The van der Waals surface area contributed by atoms with Gasteiger partial charge < -0.3 is 10.1 Å². The third-order valence-electron chi connectivity index (χ3n) is 4.06. The number of aliphatic hydroxyl groups is 1. The molecule has 1 heterocycles. The van der Waals surface area contributed by atoms with Crippen LogP contribution >= 0.6 is 11.6 Å². The van der Waals surface area contributed by atoms with Crippen LogP contribution < -0.4 is 5.56 Å². The minimum Gasteiger partial charge on any atom is -0.386 e. The van der Waals surface area contributed by atoms with Crippen LogP contribution in [0.25, 0.3) is 11.0 Å². The summed E-state index contributed by atoms with van der Waals surface area (Å²) in [6, 6.07) is 5.13. The number of halogens is 1. The second-order valence-corrected chi connectivity index (χ2v) is 5.89. The molecule has 5 heteroatoms. The van der Waals surface area contributed by atoms with Crippen molar-refractivity contribution < 1.29 is 5.11 Å². The zero-order valence-corrected chi connectivity index (χ0v) is 11.9. The predicted molar refractivity (Wildman–Crippen MR) is 78.9 cm³/mol. The van der Waals surface area contributed by atoms with Crippen LogP contribution in [0.4, 0.5) is 0 Å². The fourth-order valence-electron chi connectivity index (χ4n) is 2.94. The van der Waals surface area contributed by atoms with Crippen molar-refractivity contribution >= 4 is 22.6 Å². The monoisotopic (exact) mass is 292 g/mol. The first-order chi connectivity index (χ1) is 9.65. The Morgan fingerprint density at radius 3 is 2.80 bits per heavy atom. The van der Waals surface area contributed by atoms with E-state index in [0.717, 1.165) is 25.7 Å². The van der Waals surface area contributed by atoms with Crippen molar-refractivity contribution in [2.75, 3.05) is 0 Å². The van der Waals surface area contributed by atoms with Gasteiger partial charge >= 0.3 is 0 Å². The fourth-order valence-corrected chi connectivity index (χ4v) is 3.11. The zero-order chi connectivity index (χ0) is 14.1. The highest BCUT2D eigenvalue weighted by atomic mass is 35.5. The van der Waals surface area contributed by atoms with E-state index in [-0.39, 0.29) is 17.2 Å². The van der Waals surface area contributed by atoms with E-state index < -0.39 is 6.10 Å². The number of aromatic amines is 1. The first kappa shape index (κ1) is 13.6. The van der Waals surface area contributed by atoms with E-state index in [2.05, 4.69) is 9.97 Å². The van der Waals surface area contributed by atoms with Gasteiger partial charge in [0.1, 0.15) is 11.8 Å². The molecule has 106 valence electrons. The van der Waals surface area contributed by atoms with Gasteiger partial charge in [0.15, 0.2) is 0 Å². The normalized spacial score (nSPS) is 18.3. The lowest BCUT2D eigenvalue weighted by Crippen LogP contribution is -2.25. The van der Waals surface area contributed by atoms with Crippen molar-refractivity contribution in [2.24, 2.45) is 5.92 Å². The molecule has 1 aliphatic carbocycles. The summed E-state index contributed by atoms with van der Waals surface area (Å²) in [6.07, 6.45) is 4.55. The highest BCUT2D eigenvalue weighted by molar-refractivity contribution is 6.31. The summed E-state index contributed by atoms with van der Waals surface area (Å²) in [5, 5.41) is 11.0. The molecule has 1 aromatic carbocycles. The highest BCUT2D eigenvalue weighted by Gasteiger charge is 2.26. The number of rotatable bonds is 2. The van der Waals surface area contributed by atoms with E-state index in [0.29, 0.717) is 16.1 Å². The number of H-pyrrole nitrogens is 1. The van der Waals surface area contributed by atoms with Crippen LogP contribution in [0.3, 0.4) is 0 Å². The lowest BCUT2D eigenvalue weighted by Gasteiger charge is -2.25. The minimum absolute atomic E-state index is 0.133. The van der Waals surface area contributed by atoms with Gasteiger partial charge in [-0.3, -0.25) is 4.79 Å². The summed E-state index contributed by atoms with van der Waals surface area (Å²) in [4.78, 5) is 19.2. The molecular formula is C15H17ClN2O2. The summed E-state index contributed by atoms with van der Waals surface area (Å²) < 4.78 is 0. The van der Waals surface area contributed by atoms with Gasteiger partial charge in [0.25, 0.3) is 5.56 Å². The Kier molecular flexibility index (Phi) is 3.76. The Morgan fingerprint density at radius 1 is 1.30 bits per heavy atom. The molecule has 1 aromatic heterocycles. The molecule has 0 amide bonds. The van der Waals surface area contributed by atoms with E-state index in [9.17, 15) is 9.90 Å². The summed E-state index contributed by atoms with van der Waals surface area (Å²) >= 11 is 5.94. The Labute approximate surface area is 121 Å². The second kappa shape index (κ2) is 5.54. The number of benzene rings is 1. The number of fused-ring (bicyclic) bond motifs is 1. The molecule has 2 N–H and O–H groups in total. The molecule has 0 saturated heterocycles. The van der Waals surface area contributed by atoms with E-state index >= 15 is 0 Å². The summed E-state index contributed by atoms with van der Waals surface area (Å²) in [7, 11) is 0. The van der Waals surface area contributed by atoms with Gasteiger partial charge in [0.2, 0.25) is 0 Å². The van der Waals surface area contributed by atoms with Crippen LogP contribution in [0.15, 0.2) is 23.0 Å². The molecule has 0 radical (unpaired) electrons. The van der Waals surface area contributed by atoms with Gasteiger partial charge in [-0.05, 0) is 37.0 Å². The maximum absolute atomic E-state index is 12.1. The van der Waals surface area contributed by atoms with Crippen LogP contribution in [0.5, 0.6) is 0 Å². The Hall–Kier alpha value is -1.39. The number of aliphatic hydroxyl groups excluding tert-OH is 1. The number of hydrogen-bond donors (Lipinski definition) is 2. The first-order valence-electron chi connectivity index (χ1n) is 7.03. The number of aromatic nitrogens is 2. The summed E-state index contributed by atoms with van der Waals surface area (Å²) in [6.45, 7) is 0. The molecule has 1 unspecified atom stereocenters. The van der Waals surface area contributed by atoms with Crippen molar-refractivity contribution in [1.29, 1.82) is 0 Å². The van der Waals surface area contributed by atoms with Crippen LogP contribution in [0, 0.1) is 5.92 Å². The van der Waals surface area contributed by atoms with Gasteiger partial charge in [-0.25, -0.2) is 4.98 Å². The Balaban J connectivity index is 2.01. The molecule has 1 fully saturated rings. The third kappa shape index (κ3) is 2.58. The van der Waals surface area contributed by atoms with Gasteiger partial charge in [-0.2, -0.15) is 0 Å². The topological polar surface area (TPSA) is 66.0 Å². The molecule has 1 atom stereocenters. The van der Waals surface area contributed by atoms with Crippen molar-refractivity contribution in [1.82, 2.24) is 9.97 Å². The third-order valence-corrected chi connectivity index (χ3v) is 4.29. The first-order valence-corrected chi connectivity index (χ1v) is 7.40. The van der Waals surface area contributed by atoms with Gasteiger partial charge in [-0.1, -0.05) is 30.9 Å². The van der Waals surface area contributed by atoms with Crippen LogP contribution in [0.2, 0.25) is 5.02 Å². The van der Waals surface area contributed by atoms with E-state index in [1.54, 1.807) is 18.2 Å². The summed E-state index contributed by atoms with van der Waals surface area (Å²) in [5.74, 6) is 0.133. The lowest BCUT2D eigenvalue weighted by molar-refractivity contribution is 0.0801. The van der Waals surface area contributed by atoms with Crippen molar-refractivity contribution in [3.63, 3.8) is 0 Å². The van der Waals surface area contributed by atoms with Crippen molar-refractivity contribution in [3.05, 3.63) is 39.3 Å². The zero-order valence-electron chi connectivity index (χ0n) is 11.1. The lowest BCUT2D eigenvalue weighted by atomic mass is 9.84. The molecule has 0 bridgehead atoms. The second-order valence-electron chi connectivity index (χ2n) is 5.46. The van der Waals surface area contributed by atoms with E-state index in [1.807, 2.05) is 0 Å². The predicted octanol–water partition coefficient (Wildman–Crippen LogP) is 3.19. The van der Waals surface area contributed by atoms with E-state index in [1.165, 1.54) is 6.42 Å². The number of nitrogens with one attached hydrogen (secondary N) is 1. The molecule has 3 rings (SSSR count). The quantitative estimate of drug-likeness (QED) is 0.893. The molecule has 0 aliphatic heterocycles. The largest absolute Gasteiger partial charge is 0.386 e. The molecule has 0 spiro atoms.